The Labute approximate surface area is 98.7 Å². The van der Waals surface area contributed by atoms with Crippen molar-refractivity contribution in [1.82, 2.24) is 0 Å². The second-order valence-electron chi connectivity index (χ2n) is 3.83. The maximum Gasteiger partial charge on any atom is 0.308 e. The molecule has 0 radical (unpaired) electrons. The predicted octanol–water partition coefficient (Wildman–Crippen LogP) is 0.543. The first-order valence-electron chi connectivity index (χ1n) is 5.10. The second-order valence-corrected chi connectivity index (χ2v) is 3.83. The van der Waals surface area contributed by atoms with E-state index in [4.69, 9.17) is 5.11 Å². The summed E-state index contributed by atoms with van der Waals surface area (Å²) in [4.78, 5) is 33.5. The molecule has 0 saturated heterocycles. The summed E-state index contributed by atoms with van der Waals surface area (Å²) in [6.45, 7) is 2.75. The third-order valence-electron chi connectivity index (χ3n) is 2.48. The molecule has 0 aliphatic rings. The van der Waals surface area contributed by atoms with Crippen molar-refractivity contribution in [2.24, 2.45) is 7.05 Å². The summed E-state index contributed by atoms with van der Waals surface area (Å²) in [5.74, 6) is -1.44. The van der Waals surface area contributed by atoms with E-state index in [-0.39, 0.29) is 23.7 Å². The van der Waals surface area contributed by atoms with Crippen molar-refractivity contribution in [2.45, 2.75) is 20.3 Å². The van der Waals surface area contributed by atoms with Crippen LogP contribution in [-0.2, 0) is 18.3 Å². The van der Waals surface area contributed by atoms with Crippen LogP contribution in [0.4, 0.5) is 0 Å². The number of aliphatic carboxylic acids is 1. The zero-order chi connectivity index (χ0) is 13.2. The van der Waals surface area contributed by atoms with Crippen LogP contribution in [0.15, 0.2) is 12.1 Å². The summed E-state index contributed by atoms with van der Waals surface area (Å²) < 4.78 is 1.45. The van der Waals surface area contributed by atoms with Gasteiger partial charge in [0.05, 0.1) is 6.42 Å². The molecule has 0 unspecified atom stereocenters. The highest BCUT2D eigenvalue weighted by molar-refractivity contribution is 5.95. The Bertz CT molecular complexity index is 505. The minimum Gasteiger partial charge on any atom is -0.481 e. The van der Waals surface area contributed by atoms with Crippen molar-refractivity contribution >= 4 is 17.5 Å². The molecule has 5 nitrogen and oxygen atoms in total. The van der Waals surface area contributed by atoms with Crippen LogP contribution in [0.25, 0.3) is 0 Å². The lowest BCUT2D eigenvalue weighted by atomic mass is 10.1. The van der Waals surface area contributed by atoms with Crippen LogP contribution in [0.1, 0.15) is 40.4 Å². The Balaban J connectivity index is 3.44. The van der Waals surface area contributed by atoms with Crippen molar-refractivity contribution in [3.8, 4) is 0 Å². The number of hydrogen-bond donors (Lipinski definition) is 1. The molecular formula is C12H14NO4+. The molecule has 0 bridgehead atoms. The number of carbonyl (C=O) groups excluding carboxylic acids is 2. The van der Waals surface area contributed by atoms with Gasteiger partial charge in [-0.25, -0.2) is 0 Å². The zero-order valence-electron chi connectivity index (χ0n) is 9.98. The highest BCUT2D eigenvalue weighted by atomic mass is 16.4. The lowest BCUT2D eigenvalue weighted by molar-refractivity contribution is -0.675. The summed E-state index contributed by atoms with van der Waals surface area (Å²) in [5.41, 5.74) is 1.06. The zero-order valence-corrected chi connectivity index (χ0v) is 9.98. The fourth-order valence-corrected chi connectivity index (χ4v) is 1.83. The van der Waals surface area contributed by atoms with Gasteiger partial charge in [-0.3, -0.25) is 14.4 Å². The Morgan fingerprint density at radius 2 is 1.76 bits per heavy atom. The first-order chi connectivity index (χ1) is 7.84. The van der Waals surface area contributed by atoms with E-state index in [9.17, 15) is 14.4 Å². The standard InChI is InChI=1S/C12H13NO4/c1-7(14)10-5-4-9(6-11(16)17)12(8(2)15)13(10)3/h4-5H,6H2,1-3H3/p+1. The van der Waals surface area contributed by atoms with Crippen LogP contribution in [0.2, 0.25) is 0 Å². The van der Waals surface area contributed by atoms with Crippen molar-refractivity contribution in [1.29, 1.82) is 0 Å². The first-order valence-corrected chi connectivity index (χ1v) is 5.10. The Morgan fingerprint density at radius 3 is 2.18 bits per heavy atom. The second kappa shape index (κ2) is 4.86. The first kappa shape index (κ1) is 13.0. The van der Waals surface area contributed by atoms with Gasteiger partial charge in [-0.15, -0.1) is 0 Å². The predicted molar refractivity (Wildman–Crippen MR) is 59.0 cm³/mol. The van der Waals surface area contributed by atoms with Crippen molar-refractivity contribution in [3.63, 3.8) is 0 Å². The fourth-order valence-electron chi connectivity index (χ4n) is 1.83. The smallest absolute Gasteiger partial charge is 0.308 e. The number of hydrogen-bond acceptors (Lipinski definition) is 3. The van der Waals surface area contributed by atoms with Gasteiger partial charge in [-0.1, -0.05) is 0 Å². The summed E-state index contributed by atoms with van der Waals surface area (Å²) >= 11 is 0. The van der Waals surface area contributed by atoms with Crippen LogP contribution >= 0.6 is 0 Å². The molecule has 0 aliphatic heterocycles. The SMILES string of the molecule is CC(=O)c1ccc(CC(=O)O)c(C(C)=O)[n+]1C. The van der Waals surface area contributed by atoms with Gasteiger partial charge in [0.2, 0.25) is 17.3 Å². The maximum absolute atomic E-state index is 11.5. The van der Waals surface area contributed by atoms with Gasteiger partial charge in [-0.2, -0.15) is 4.57 Å². The molecule has 1 aromatic heterocycles. The molecule has 0 fully saturated rings. The van der Waals surface area contributed by atoms with Gasteiger partial charge in [0.25, 0.3) is 5.69 Å². The molecule has 0 spiro atoms. The molecule has 1 aromatic rings. The number of ketones is 2. The number of nitrogens with zero attached hydrogens (tertiary/aromatic N) is 1. The lowest BCUT2D eigenvalue weighted by Crippen LogP contribution is -2.43. The van der Waals surface area contributed by atoms with E-state index >= 15 is 0 Å². The van der Waals surface area contributed by atoms with Crippen LogP contribution in [0, 0.1) is 0 Å². The van der Waals surface area contributed by atoms with Crippen molar-refractivity contribution in [2.75, 3.05) is 0 Å². The maximum atomic E-state index is 11.5. The van der Waals surface area contributed by atoms with Gasteiger partial charge in [0, 0.05) is 25.5 Å². The summed E-state index contributed by atoms with van der Waals surface area (Å²) in [5, 5.41) is 8.76. The molecule has 17 heavy (non-hydrogen) atoms. The molecule has 0 atom stereocenters. The van der Waals surface area contributed by atoms with E-state index in [1.54, 1.807) is 7.05 Å². The number of carboxylic acids is 1. The van der Waals surface area contributed by atoms with Crippen LogP contribution < -0.4 is 4.57 Å². The van der Waals surface area contributed by atoms with E-state index in [1.165, 1.54) is 30.5 Å². The normalized spacial score (nSPS) is 10.1. The van der Waals surface area contributed by atoms with E-state index in [2.05, 4.69) is 0 Å². The number of carboxylic acid groups (broad SMARTS) is 1. The molecule has 1 heterocycles. The van der Waals surface area contributed by atoms with Gasteiger partial charge >= 0.3 is 5.97 Å². The fraction of sp³-hybridized carbons (Fsp3) is 0.333. The summed E-state index contributed by atoms with van der Waals surface area (Å²) in [6, 6.07) is 3.05. The largest absolute Gasteiger partial charge is 0.481 e. The molecule has 0 saturated carbocycles. The lowest BCUT2D eigenvalue weighted by Gasteiger charge is -2.05. The van der Waals surface area contributed by atoms with Gasteiger partial charge in [0.1, 0.15) is 7.05 Å². The Hall–Kier alpha value is -2.04. The average molecular weight is 236 g/mol. The third-order valence-corrected chi connectivity index (χ3v) is 2.48. The van der Waals surface area contributed by atoms with Crippen LogP contribution in [0.3, 0.4) is 0 Å². The van der Waals surface area contributed by atoms with Gasteiger partial charge < -0.3 is 5.11 Å². The molecule has 0 aromatic carbocycles. The molecule has 5 heteroatoms. The topological polar surface area (TPSA) is 75.3 Å². The molecule has 0 amide bonds. The quantitative estimate of drug-likeness (QED) is 0.611. The van der Waals surface area contributed by atoms with Crippen molar-refractivity contribution in [3.05, 3.63) is 29.1 Å². The number of Topliss-reactive ketones (excluding diaryl/α,β-unsaturated/α-hetero) is 2. The summed E-state index contributed by atoms with van der Waals surface area (Å²) in [7, 11) is 1.58. The Kier molecular flexibility index (Phi) is 3.73. The molecule has 0 aliphatic carbocycles. The monoisotopic (exact) mass is 236 g/mol. The van der Waals surface area contributed by atoms with E-state index in [0.717, 1.165) is 0 Å². The number of aromatic nitrogens is 1. The molecular weight excluding hydrogens is 222 g/mol. The highest BCUT2D eigenvalue weighted by Gasteiger charge is 2.25. The minimum absolute atomic E-state index is 0.170. The molecule has 90 valence electrons. The minimum atomic E-state index is -1.01. The van der Waals surface area contributed by atoms with Crippen LogP contribution in [-0.4, -0.2) is 22.6 Å². The van der Waals surface area contributed by atoms with Crippen LogP contribution in [0.5, 0.6) is 0 Å². The van der Waals surface area contributed by atoms with E-state index in [1.807, 2.05) is 0 Å². The van der Waals surface area contributed by atoms with Crippen molar-refractivity contribution < 1.29 is 24.1 Å². The average Bonchev–Trinajstić information content (AvgIpc) is 2.15. The Morgan fingerprint density at radius 1 is 1.18 bits per heavy atom. The number of rotatable bonds is 4. The molecule has 1 rings (SSSR count). The number of carbonyl (C=O) groups is 3. The number of pyridine rings is 1. The van der Waals surface area contributed by atoms with Gasteiger partial charge in [-0.05, 0) is 6.07 Å². The molecule has 1 N–H and O–H groups in total. The highest BCUT2D eigenvalue weighted by Crippen LogP contribution is 2.08. The van der Waals surface area contributed by atoms with Gasteiger partial charge in [0.15, 0.2) is 0 Å². The summed E-state index contributed by atoms with van der Waals surface area (Å²) in [6.07, 6.45) is -0.235. The van der Waals surface area contributed by atoms with E-state index in [0.29, 0.717) is 11.3 Å². The third kappa shape index (κ3) is 2.75. The van der Waals surface area contributed by atoms with E-state index < -0.39 is 5.97 Å².